The minimum Gasteiger partial charge on any atom is -0.460 e. The Morgan fingerprint density at radius 2 is 2.12 bits per heavy atom. The Hall–Kier alpha value is -3.83. The first kappa shape index (κ1) is 22.4. The van der Waals surface area contributed by atoms with Crippen LogP contribution in [0.5, 0.6) is 5.75 Å². The molecule has 4 rings (SSSR count). The lowest BCUT2D eigenvalue weighted by molar-refractivity contribution is -0.0520. The third kappa shape index (κ3) is 4.99. The number of nitrogens with zero attached hydrogens (tertiary/aromatic N) is 3. The van der Waals surface area contributed by atoms with Gasteiger partial charge in [0.2, 0.25) is 5.76 Å². The smallest absolute Gasteiger partial charge is 0.387 e. The number of alkyl halides is 2. The van der Waals surface area contributed by atoms with Crippen molar-refractivity contribution in [2.75, 3.05) is 24.6 Å². The number of carbonyl (C=O) groups excluding carboxylic acids is 2. The van der Waals surface area contributed by atoms with Crippen molar-refractivity contribution in [3.05, 3.63) is 47.7 Å². The second-order valence-electron chi connectivity index (χ2n) is 7.21. The number of rotatable bonds is 7. The summed E-state index contributed by atoms with van der Waals surface area (Å²) < 4.78 is 53.2. The van der Waals surface area contributed by atoms with E-state index < -0.39 is 30.1 Å². The monoisotopic (exact) mass is 466 g/mol. The highest BCUT2D eigenvalue weighted by Gasteiger charge is 2.28. The molecular weight excluding hydrogens is 445 g/mol. The topological polar surface area (TPSA) is 107 Å². The van der Waals surface area contributed by atoms with E-state index in [1.807, 2.05) is 0 Å². The first-order chi connectivity index (χ1) is 15.8. The molecule has 0 bridgehead atoms. The van der Waals surface area contributed by atoms with E-state index in [1.165, 1.54) is 18.5 Å². The lowest BCUT2D eigenvalue weighted by atomic mass is 10.1. The van der Waals surface area contributed by atoms with E-state index in [-0.39, 0.29) is 42.3 Å². The van der Waals surface area contributed by atoms with Gasteiger partial charge in [-0.1, -0.05) is 0 Å². The molecule has 33 heavy (non-hydrogen) atoms. The minimum atomic E-state index is -3.17. The van der Waals surface area contributed by atoms with Gasteiger partial charge in [-0.25, -0.2) is 14.2 Å². The average molecular weight is 466 g/mol. The van der Waals surface area contributed by atoms with Crippen molar-refractivity contribution in [3.8, 4) is 5.75 Å². The maximum atomic E-state index is 14.0. The Labute approximate surface area is 187 Å². The highest BCUT2D eigenvalue weighted by Crippen LogP contribution is 2.26. The number of anilines is 1. The van der Waals surface area contributed by atoms with Crippen LogP contribution in [0.1, 0.15) is 35.7 Å². The van der Waals surface area contributed by atoms with Crippen LogP contribution in [0, 0.1) is 5.82 Å². The number of oxazole rings is 1. The number of pyridine rings is 1. The zero-order chi connectivity index (χ0) is 23.5. The van der Waals surface area contributed by atoms with Crippen LogP contribution in [0.15, 0.2) is 35.0 Å². The van der Waals surface area contributed by atoms with E-state index >= 15 is 0 Å². The number of hydrogen-bond donors (Lipinski definition) is 1. The van der Waals surface area contributed by atoms with Crippen molar-refractivity contribution < 1.29 is 38.1 Å². The largest absolute Gasteiger partial charge is 0.460 e. The number of carbonyl (C=O) groups is 2. The molecule has 1 amide bonds. The van der Waals surface area contributed by atoms with Crippen LogP contribution in [0.2, 0.25) is 0 Å². The van der Waals surface area contributed by atoms with Crippen LogP contribution in [0.3, 0.4) is 0 Å². The number of esters is 1. The molecule has 3 heterocycles. The standard InChI is InChI=1S/C21H19F3N4O5.H2/c1-2-31-19(30)17-9-26-21(33-17)28-4-3-13(10-28)27-18(29)12-5-11-6-14(22)16(32-20(23)24)7-15(11)25-8-12;/h5-9,13,20H,2-4,10H2,1H3,(H,27,29);1H/t13-;/m0./s1. The fraction of sp³-hybridized carbons (Fsp3) is 0.333. The van der Waals surface area contributed by atoms with Crippen LogP contribution in [-0.2, 0) is 4.74 Å². The van der Waals surface area contributed by atoms with Gasteiger partial charge in [0.1, 0.15) is 0 Å². The van der Waals surface area contributed by atoms with E-state index in [2.05, 4.69) is 20.0 Å². The number of benzene rings is 1. The fourth-order valence-electron chi connectivity index (χ4n) is 3.47. The van der Waals surface area contributed by atoms with E-state index in [0.29, 0.717) is 19.5 Å². The molecule has 2 aromatic heterocycles. The zero-order valence-corrected chi connectivity index (χ0v) is 17.4. The van der Waals surface area contributed by atoms with Gasteiger partial charge in [-0.05, 0) is 25.5 Å². The van der Waals surface area contributed by atoms with Crippen molar-refractivity contribution in [2.45, 2.75) is 26.0 Å². The summed E-state index contributed by atoms with van der Waals surface area (Å²) in [6.45, 7) is -0.321. The molecule has 176 valence electrons. The van der Waals surface area contributed by atoms with Crippen LogP contribution < -0.4 is 15.0 Å². The number of aromatic nitrogens is 2. The molecule has 12 heteroatoms. The molecule has 0 unspecified atom stereocenters. The fourth-order valence-corrected chi connectivity index (χ4v) is 3.47. The molecule has 9 nitrogen and oxygen atoms in total. The molecule has 0 radical (unpaired) electrons. The third-order valence-electron chi connectivity index (χ3n) is 4.98. The lowest BCUT2D eigenvalue weighted by Gasteiger charge is -2.15. The van der Waals surface area contributed by atoms with E-state index in [0.717, 1.165) is 12.1 Å². The van der Waals surface area contributed by atoms with Crippen molar-refractivity contribution in [1.82, 2.24) is 15.3 Å². The SMILES string of the molecule is CCOC(=O)c1cnc(N2CC[C@H](NC(=O)c3cnc4cc(OC(F)F)c(F)cc4c3)C2)o1.[HH]. The Kier molecular flexibility index (Phi) is 6.33. The Bertz CT molecular complexity index is 1190. The maximum Gasteiger partial charge on any atom is 0.387 e. The number of amides is 1. The molecule has 3 aromatic rings. The molecular formula is C21H21F3N4O5. The Morgan fingerprint density at radius 1 is 1.30 bits per heavy atom. The second-order valence-corrected chi connectivity index (χ2v) is 7.21. The molecule has 1 fully saturated rings. The summed E-state index contributed by atoms with van der Waals surface area (Å²) in [6.07, 6.45) is 3.16. The average Bonchev–Trinajstić information content (AvgIpc) is 3.43. The lowest BCUT2D eigenvalue weighted by Crippen LogP contribution is -2.37. The molecule has 1 N–H and O–H groups in total. The highest BCUT2D eigenvalue weighted by molar-refractivity contribution is 5.97. The summed E-state index contributed by atoms with van der Waals surface area (Å²) in [6, 6.07) is 3.47. The summed E-state index contributed by atoms with van der Waals surface area (Å²) in [4.78, 5) is 34.3. The number of ether oxygens (including phenoxy) is 2. The van der Waals surface area contributed by atoms with E-state index in [4.69, 9.17) is 9.15 Å². The van der Waals surface area contributed by atoms with Crippen LogP contribution >= 0.6 is 0 Å². The Balaban J connectivity index is 0.00000324. The summed E-state index contributed by atoms with van der Waals surface area (Å²) in [5.41, 5.74) is 0.389. The van der Waals surface area contributed by atoms with Gasteiger partial charge in [-0.3, -0.25) is 9.78 Å². The number of nitrogens with one attached hydrogen (secondary N) is 1. The highest BCUT2D eigenvalue weighted by atomic mass is 19.3. The molecule has 1 aromatic carbocycles. The van der Waals surface area contributed by atoms with Crippen LogP contribution in [-0.4, -0.2) is 54.2 Å². The summed E-state index contributed by atoms with van der Waals surface area (Å²) in [5, 5.41) is 3.13. The summed E-state index contributed by atoms with van der Waals surface area (Å²) >= 11 is 0. The summed E-state index contributed by atoms with van der Waals surface area (Å²) in [7, 11) is 0. The van der Waals surface area contributed by atoms with Gasteiger partial charge >= 0.3 is 12.6 Å². The first-order valence-corrected chi connectivity index (χ1v) is 10.1. The van der Waals surface area contributed by atoms with Crippen molar-refractivity contribution in [1.29, 1.82) is 0 Å². The third-order valence-corrected chi connectivity index (χ3v) is 4.98. The predicted molar refractivity (Wildman–Crippen MR) is 111 cm³/mol. The van der Waals surface area contributed by atoms with E-state index in [9.17, 15) is 22.8 Å². The molecule has 1 atom stereocenters. The van der Waals surface area contributed by atoms with Crippen molar-refractivity contribution in [2.24, 2.45) is 0 Å². The predicted octanol–water partition coefficient (Wildman–Crippen LogP) is 3.39. The first-order valence-electron chi connectivity index (χ1n) is 10.1. The molecule has 1 aliphatic heterocycles. The molecule has 0 aliphatic carbocycles. The van der Waals surface area contributed by atoms with Crippen molar-refractivity contribution >= 4 is 28.8 Å². The molecule has 1 aliphatic rings. The molecule has 0 saturated carbocycles. The quantitative estimate of drug-likeness (QED) is 0.528. The molecule has 1 saturated heterocycles. The normalized spacial score (nSPS) is 15.8. The van der Waals surface area contributed by atoms with Gasteiger partial charge in [0.25, 0.3) is 11.9 Å². The van der Waals surface area contributed by atoms with Crippen molar-refractivity contribution in [3.63, 3.8) is 0 Å². The number of halogens is 3. The summed E-state index contributed by atoms with van der Waals surface area (Å²) in [5.74, 6) is -2.64. The van der Waals surface area contributed by atoms with Gasteiger partial charge in [0.05, 0.1) is 23.9 Å². The molecule has 0 spiro atoms. The Morgan fingerprint density at radius 3 is 2.88 bits per heavy atom. The number of hydrogen-bond acceptors (Lipinski definition) is 8. The van der Waals surface area contributed by atoms with Gasteiger partial charge in [0, 0.05) is 38.2 Å². The van der Waals surface area contributed by atoms with Crippen LogP contribution in [0.4, 0.5) is 19.2 Å². The maximum absolute atomic E-state index is 14.0. The minimum absolute atomic E-state index is 0. The van der Waals surface area contributed by atoms with Gasteiger partial charge in [-0.15, -0.1) is 0 Å². The van der Waals surface area contributed by atoms with Crippen LogP contribution in [0.25, 0.3) is 10.9 Å². The van der Waals surface area contributed by atoms with Gasteiger partial charge < -0.3 is 24.1 Å². The second kappa shape index (κ2) is 9.35. The zero-order valence-electron chi connectivity index (χ0n) is 17.4. The van der Waals surface area contributed by atoms with E-state index in [1.54, 1.807) is 11.8 Å². The number of fused-ring (bicyclic) bond motifs is 1. The van der Waals surface area contributed by atoms with Gasteiger partial charge in [-0.2, -0.15) is 8.78 Å². The van der Waals surface area contributed by atoms with Gasteiger partial charge in [0.15, 0.2) is 11.6 Å².